The first-order chi connectivity index (χ1) is 13.4. The van der Waals surface area contributed by atoms with E-state index in [1.54, 1.807) is 0 Å². The largest absolute Gasteiger partial charge is 0.463 e. The fraction of sp³-hybridized carbons (Fsp3) is 0.762. The van der Waals surface area contributed by atoms with Gasteiger partial charge in [-0.25, -0.2) is 9.59 Å². The zero-order valence-electron chi connectivity index (χ0n) is 18.7. The van der Waals surface area contributed by atoms with Crippen molar-refractivity contribution in [1.29, 1.82) is 0 Å². The number of alkyl carbamates (subject to hydrolysis) is 1. The molecule has 1 N–H and O–H groups in total. The number of esters is 2. The van der Waals surface area contributed by atoms with Crippen molar-refractivity contribution in [2.45, 2.75) is 48.0 Å². The second-order valence-electron chi connectivity index (χ2n) is 8.90. The normalized spacial score (nSPS) is 12.6. The van der Waals surface area contributed by atoms with Crippen molar-refractivity contribution in [3.8, 4) is 0 Å². The molecule has 0 aliphatic rings. The molecule has 1 atom stereocenters. The number of ether oxygens (including phenoxy) is 4. The molecule has 168 valence electrons. The van der Waals surface area contributed by atoms with Crippen LogP contribution in [0.3, 0.4) is 0 Å². The number of rotatable bonds is 12. The quantitative estimate of drug-likeness (QED) is 0.226. The molecule has 29 heavy (non-hydrogen) atoms. The van der Waals surface area contributed by atoms with E-state index in [1.165, 1.54) is 0 Å². The minimum Gasteiger partial charge on any atom is -0.463 e. The maximum Gasteiger partial charge on any atom is 0.407 e. The summed E-state index contributed by atoms with van der Waals surface area (Å²) in [5.74, 6) is -0.967. The molecule has 0 fully saturated rings. The minimum absolute atomic E-state index is 0.0265. The van der Waals surface area contributed by atoms with Gasteiger partial charge in [-0.1, -0.05) is 48.1 Å². The lowest BCUT2D eigenvalue weighted by molar-refractivity contribution is -0.155. The van der Waals surface area contributed by atoms with Gasteiger partial charge in [-0.05, 0) is 17.3 Å². The van der Waals surface area contributed by atoms with Gasteiger partial charge in [0, 0.05) is 6.08 Å². The number of amides is 1. The van der Waals surface area contributed by atoms with E-state index in [2.05, 4.69) is 32.7 Å². The molecule has 8 heteroatoms. The second-order valence-corrected chi connectivity index (χ2v) is 8.90. The van der Waals surface area contributed by atoms with Crippen LogP contribution < -0.4 is 5.32 Å². The molecular formula is C21H37NO7. The van der Waals surface area contributed by atoms with E-state index in [9.17, 15) is 14.4 Å². The van der Waals surface area contributed by atoms with Gasteiger partial charge in [0.05, 0.1) is 25.7 Å². The summed E-state index contributed by atoms with van der Waals surface area (Å²) < 4.78 is 20.3. The van der Waals surface area contributed by atoms with Crippen LogP contribution in [0, 0.1) is 16.7 Å². The maximum absolute atomic E-state index is 12.4. The summed E-state index contributed by atoms with van der Waals surface area (Å²) in [6, 6.07) is 0. The summed E-state index contributed by atoms with van der Waals surface area (Å²) in [4.78, 5) is 34.7. The van der Waals surface area contributed by atoms with Crippen LogP contribution in [-0.4, -0.2) is 57.6 Å². The molecule has 0 saturated heterocycles. The standard InChI is InChI=1S/C21H37NO7/c1-8-17(23)27-10-9-22-19(25)29-14-12-26-11-13-28-18(24)16(21(5,6)7)15-20(2,3)4/h8,16H,1,9-15H2,2-7H3,(H,22,25). The van der Waals surface area contributed by atoms with Crippen LogP contribution in [0.5, 0.6) is 0 Å². The molecule has 0 bridgehead atoms. The number of nitrogens with one attached hydrogen (secondary N) is 1. The van der Waals surface area contributed by atoms with E-state index in [1.807, 2.05) is 20.8 Å². The summed E-state index contributed by atoms with van der Waals surface area (Å²) in [7, 11) is 0. The highest BCUT2D eigenvalue weighted by Crippen LogP contribution is 2.36. The fourth-order valence-electron chi connectivity index (χ4n) is 2.37. The molecule has 0 saturated carbocycles. The Bertz CT molecular complexity index is 532. The molecule has 0 aliphatic carbocycles. The zero-order chi connectivity index (χ0) is 22.5. The van der Waals surface area contributed by atoms with Gasteiger partial charge in [-0.3, -0.25) is 4.79 Å². The highest BCUT2D eigenvalue weighted by atomic mass is 16.6. The van der Waals surface area contributed by atoms with Gasteiger partial charge in [0.1, 0.15) is 19.8 Å². The first kappa shape index (κ1) is 26.9. The van der Waals surface area contributed by atoms with E-state index in [-0.39, 0.29) is 62.3 Å². The lowest BCUT2D eigenvalue weighted by Gasteiger charge is -2.33. The van der Waals surface area contributed by atoms with Crippen molar-refractivity contribution in [3.05, 3.63) is 12.7 Å². The van der Waals surface area contributed by atoms with Gasteiger partial charge in [0.25, 0.3) is 0 Å². The van der Waals surface area contributed by atoms with Crippen molar-refractivity contribution >= 4 is 18.0 Å². The van der Waals surface area contributed by atoms with E-state index < -0.39 is 12.1 Å². The van der Waals surface area contributed by atoms with Crippen LogP contribution in [0.25, 0.3) is 0 Å². The van der Waals surface area contributed by atoms with Crippen LogP contribution >= 0.6 is 0 Å². The molecule has 8 nitrogen and oxygen atoms in total. The van der Waals surface area contributed by atoms with Crippen molar-refractivity contribution in [2.24, 2.45) is 16.7 Å². The van der Waals surface area contributed by atoms with E-state index in [4.69, 9.17) is 18.9 Å². The number of hydrogen-bond acceptors (Lipinski definition) is 7. The zero-order valence-corrected chi connectivity index (χ0v) is 18.7. The van der Waals surface area contributed by atoms with Gasteiger partial charge in [0.2, 0.25) is 0 Å². The summed E-state index contributed by atoms with van der Waals surface area (Å²) in [5.41, 5.74) is -0.158. The summed E-state index contributed by atoms with van der Waals surface area (Å²) in [6.45, 7) is 16.5. The summed E-state index contributed by atoms with van der Waals surface area (Å²) >= 11 is 0. The van der Waals surface area contributed by atoms with Gasteiger partial charge < -0.3 is 24.3 Å². The predicted octanol–water partition coefficient (Wildman–Crippen LogP) is 3.10. The molecule has 0 radical (unpaired) electrons. The molecule has 0 aromatic carbocycles. The molecule has 0 aromatic heterocycles. The Morgan fingerprint density at radius 2 is 1.48 bits per heavy atom. The number of carbonyl (C=O) groups excluding carboxylic acids is 3. The van der Waals surface area contributed by atoms with E-state index >= 15 is 0 Å². The molecule has 1 amide bonds. The van der Waals surface area contributed by atoms with Gasteiger partial charge in [-0.2, -0.15) is 0 Å². The SMILES string of the molecule is C=CC(=O)OCCNC(=O)OCCOCCOC(=O)C(CC(C)(C)C)C(C)(C)C. The Morgan fingerprint density at radius 1 is 0.897 bits per heavy atom. The molecular weight excluding hydrogens is 378 g/mol. The molecule has 0 heterocycles. The predicted molar refractivity (Wildman–Crippen MR) is 109 cm³/mol. The summed E-state index contributed by atoms with van der Waals surface area (Å²) in [6.07, 6.45) is 1.15. The third kappa shape index (κ3) is 14.5. The number of carbonyl (C=O) groups is 3. The van der Waals surface area contributed by atoms with Crippen LogP contribution in [0.4, 0.5) is 4.79 Å². The molecule has 0 rings (SSSR count). The monoisotopic (exact) mass is 415 g/mol. The van der Waals surface area contributed by atoms with Crippen molar-refractivity contribution < 1.29 is 33.3 Å². The summed E-state index contributed by atoms with van der Waals surface area (Å²) in [5, 5.41) is 2.43. The Balaban J connectivity index is 3.89. The topological polar surface area (TPSA) is 100 Å². The molecule has 0 aromatic rings. The lowest BCUT2D eigenvalue weighted by atomic mass is 9.72. The third-order valence-electron chi connectivity index (χ3n) is 3.86. The first-order valence-electron chi connectivity index (χ1n) is 9.81. The smallest absolute Gasteiger partial charge is 0.407 e. The maximum atomic E-state index is 12.4. The molecule has 0 aliphatic heterocycles. The molecule has 1 unspecified atom stereocenters. The Labute approximate surface area is 174 Å². The first-order valence-corrected chi connectivity index (χ1v) is 9.81. The Kier molecular flexibility index (Phi) is 12.2. The van der Waals surface area contributed by atoms with Crippen LogP contribution in [-0.2, 0) is 28.5 Å². The van der Waals surface area contributed by atoms with Crippen LogP contribution in [0.2, 0.25) is 0 Å². The highest BCUT2D eigenvalue weighted by molar-refractivity contribution is 5.81. The van der Waals surface area contributed by atoms with Gasteiger partial charge >= 0.3 is 18.0 Å². The van der Waals surface area contributed by atoms with Crippen LogP contribution in [0.1, 0.15) is 48.0 Å². The highest BCUT2D eigenvalue weighted by Gasteiger charge is 2.35. The number of hydrogen-bond donors (Lipinski definition) is 1. The average Bonchev–Trinajstić information content (AvgIpc) is 2.60. The van der Waals surface area contributed by atoms with Gasteiger partial charge in [-0.15, -0.1) is 0 Å². The van der Waals surface area contributed by atoms with Crippen molar-refractivity contribution in [2.75, 3.05) is 39.6 Å². The third-order valence-corrected chi connectivity index (χ3v) is 3.86. The van der Waals surface area contributed by atoms with Crippen molar-refractivity contribution in [3.63, 3.8) is 0 Å². The van der Waals surface area contributed by atoms with E-state index in [0.717, 1.165) is 12.5 Å². The Hall–Kier alpha value is -2.09. The lowest BCUT2D eigenvalue weighted by Crippen LogP contribution is -2.34. The van der Waals surface area contributed by atoms with Crippen LogP contribution in [0.15, 0.2) is 12.7 Å². The second kappa shape index (κ2) is 13.2. The van der Waals surface area contributed by atoms with E-state index in [0.29, 0.717) is 0 Å². The average molecular weight is 416 g/mol. The van der Waals surface area contributed by atoms with Gasteiger partial charge in [0.15, 0.2) is 0 Å². The molecule has 0 spiro atoms. The van der Waals surface area contributed by atoms with Crippen molar-refractivity contribution in [1.82, 2.24) is 5.32 Å². The fourth-order valence-corrected chi connectivity index (χ4v) is 2.37. The Morgan fingerprint density at radius 3 is 2.00 bits per heavy atom. The minimum atomic E-state index is -0.634.